The Kier molecular flexibility index (Phi) is 4.82. The Hall–Kier alpha value is -2.67. The summed E-state index contributed by atoms with van der Waals surface area (Å²) in [4.78, 5) is 24.6. The number of sulfone groups is 1. The second-order valence-electron chi connectivity index (χ2n) is 6.47. The van der Waals surface area contributed by atoms with Crippen molar-refractivity contribution in [2.24, 2.45) is 0 Å². The molecule has 0 unspecified atom stereocenters. The van der Waals surface area contributed by atoms with Crippen molar-refractivity contribution < 1.29 is 18.0 Å². The quantitative estimate of drug-likeness (QED) is 0.808. The third-order valence-electron chi connectivity index (χ3n) is 4.53. The van der Waals surface area contributed by atoms with E-state index < -0.39 is 21.7 Å². The second-order valence-corrected chi connectivity index (χ2v) is 8.48. The monoisotopic (exact) mass is 372 g/mol. The lowest BCUT2D eigenvalue weighted by molar-refractivity contribution is -0.136. The summed E-state index contributed by atoms with van der Waals surface area (Å²) < 4.78 is 23.3. The number of carbonyl (C=O) groups excluding carboxylic acids is 2. The highest BCUT2D eigenvalue weighted by Crippen LogP contribution is 2.30. The number of carbonyl (C=O) groups is 2. The number of anilines is 1. The van der Waals surface area contributed by atoms with Gasteiger partial charge in [0.2, 0.25) is 0 Å². The zero-order chi connectivity index (χ0) is 18.9. The Balaban J connectivity index is 1.72. The highest BCUT2D eigenvalue weighted by atomic mass is 32.2. The summed E-state index contributed by atoms with van der Waals surface area (Å²) in [5.74, 6) is -1.56. The van der Waals surface area contributed by atoms with Gasteiger partial charge in [0, 0.05) is 11.9 Å². The molecule has 0 spiro atoms. The Labute approximate surface area is 152 Å². The first-order chi connectivity index (χ1) is 12.3. The summed E-state index contributed by atoms with van der Waals surface area (Å²) >= 11 is 0. The fourth-order valence-corrected chi connectivity index (χ4v) is 3.72. The largest absolute Gasteiger partial charge is 0.341 e. The third-order valence-corrected chi connectivity index (χ3v) is 5.64. The molecular formula is C19H20N2O4S. The molecule has 1 aliphatic carbocycles. The Morgan fingerprint density at radius 3 is 2.54 bits per heavy atom. The standard InChI is InChI=1S/C19H20N2O4S/c1-12-7-9-14(26(2,24)25)11-17(12)21-19(23)18(22)20-16-10-8-13-5-3-4-6-15(13)16/h3-7,9,11,16H,8,10H2,1-2H3,(H,20,22)(H,21,23)/t16-/m0/s1. The van der Waals surface area contributed by atoms with Crippen molar-refractivity contribution in [1.29, 1.82) is 0 Å². The van der Waals surface area contributed by atoms with Crippen molar-refractivity contribution in [2.75, 3.05) is 11.6 Å². The van der Waals surface area contributed by atoms with Gasteiger partial charge >= 0.3 is 11.8 Å². The van der Waals surface area contributed by atoms with Crippen LogP contribution in [0.5, 0.6) is 0 Å². The van der Waals surface area contributed by atoms with Crippen LogP contribution >= 0.6 is 0 Å². The number of rotatable bonds is 3. The van der Waals surface area contributed by atoms with Gasteiger partial charge in [-0.2, -0.15) is 0 Å². The first kappa shape index (κ1) is 18.1. The SMILES string of the molecule is Cc1ccc(S(C)(=O)=O)cc1NC(=O)C(=O)N[C@H]1CCc2ccccc21. The molecule has 2 amide bonds. The Morgan fingerprint density at radius 2 is 1.81 bits per heavy atom. The molecule has 0 aromatic heterocycles. The molecule has 2 aromatic rings. The summed E-state index contributed by atoms with van der Waals surface area (Å²) in [6.45, 7) is 1.73. The van der Waals surface area contributed by atoms with Crippen LogP contribution in [0.25, 0.3) is 0 Å². The zero-order valence-corrected chi connectivity index (χ0v) is 15.4. The van der Waals surface area contributed by atoms with Gasteiger partial charge in [-0.1, -0.05) is 30.3 Å². The van der Waals surface area contributed by atoms with Crippen LogP contribution in [0.1, 0.15) is 29.2 Å². The molecule has 6 nitrogen and oxygen atoms in total. The van der Waals surface area contributed by atoms with Crippen molar-refractivity contribution in [2.45, 2.75) is 30.7 Å². The van der Waals surface area contributed by atoms with Gasteiger partial charge in [0.25, 0.3) is 0 Å². The van der Waals surface area contributed by atoms with Crippen LogP contribution in [-0.4, -0.2) is 26.5 Å². The molecule has 3 rings (SSSR count). The topological polar surface area (TPSA) is 92.3 Å². The molecule has 2 N–H and O–H groups in total. The Morgan fingerprint density at radius 1 is 1.08 bits per heavy atom. The van der Waals surface area contributed by atoms with E-state index in [4.69, 9.17) is 0 Å². The molecule has 2 aromatic carbocycles. The Bertz CT molecular complexity index is 983. The molecule has 0 saturated carbocycles. The van der Waals surface area contributed by atoms with E-state index in [1.54, 1.807) is 13.0 Å². The number of hydrogen-bond acceptors (Lipinski definition) is 4. The smallest absolute Gasteiger partial charge is 0.313 e. The molecule has 7 heteroatoms. The van der Waals surface area contributed by atoms with E-state index >= 15 is 0 Å². The first-order valence-corrected chi connectivity index (χ1v) is 10.1. The molecule has 136 valence electrons. The maximum Gasteiger partial charge on any atom is 0.313 e. The number of fused-ring (bicyclic) bond motifs is 1. The molecule has 0 bridgehead atoms. The van der Waals surface area contributed by atoms with Gasteiger partial charge in [-0.25, -0.2) is 8.42 Å². The number of aryl methyl sites for hydroxylation is 2. The van der Waals surface area contributed by atoms with Crippen molar-refractivity contribution in [1.82, 2.24) is 5.32 Å². The molecular weight excluding hydrogens is 352 g/mol. The van der Waals surface area contributed by atoms with Gasteiger partial charge in [0.1, 0.15) is 0 Å². The minimum atomic E-state index is -3.40. The maximum atomic E-state index is 12.3. The molecule has 1 aliphatic rings. The molecule has 0 heterocycles. The highest BCUT2D eigenvalue weighted by molar-refractivity contribution is 7.90. The minimum Gasteiger partial charge on any atom is -0.341 e. The molecule has 0 fully saturated rings. The van der Waals surface area contributed by atoms with Crippen molar-refractivity contribution in [3.05, 3.63) is 59.2 Å². The van der Waals surface area contributed by atoms with Crippen LogP contribution in [0.4, 0.5) is 5.69 Å². The predicted molar refractivity (Wildman–Crippen MR) is 98.6 cm³/mol. The van der Waals surface area contributed by atoms with E-state index in [9.17, 15) is 18.0 Å². The maximum absolute atomic E-state index is 12.3. The predicted octanol–water partition coefficient (Wildman–Crippen LogP) is 2.14. The molecule has 0 radical (unpaired) electrons. The summed E-state index contributed by atoms with van der Waals surface area (Å²) in [6, 6.07) is 12.1. The van der Waals surface area contributed by atoms with Crippen molar-refractivity contribution in [3.8, 4) is 0 Å². The lowest BCUT2D eigenvalue weighted by atomic mass is 10.1. The number of hydrogen-bond donors (Lipinski definition) is 2. The summed E-state index contributed by atoms with van der Waals surface area (Å²) in [5, 5.41) is 5.26. The second kappa shape index (κ2) is 6.92. The highest BCUT2D eigenvalue weighted by Gasteiger charge is 2.26. The van der Waals surface area contributed by atoms with Gasteiger partial charge in [-0.3, -0.25) is 9.59 Å². The van der Waals surface area contributed by atoms with Crippen molar-refractivity contribution >= 4 is 27.3 Å². The van der Waals surface area contributed by atoms with Gasteiger partial charge in [0.15, 0.2) is 9.84 Å². The molecule has 26 heavy (non-hydrogen) atoms. The van der Waals surface area contributed by atoms with Crippen LogP contribution < -0.4 is 10.6 Å². The van der Waals surface area contributed by atoms with E-state index in [0.717, 1.165) is 24.7 Å². The summed E-state index contributed by atoms with van der Waals surface area (Å²) in [5.41, 5.74) is 3.18. The minimum absolute atomic E-state index is 0.0866. The summed E-state index contributed by atoms with van der Waals surface area (Å²) in [6.07, 6.45) is 2.70. The van der Waals surface area contributed by atoms with E-state index in [1.807, 2.05) is 24.3 Å². The average Bonchev–Trinajstić information content (AvgIpc) is 2.99. The van der Waals surface area contributed by atoms with Crippen molar-refractivity contribution in [3.63, 3.8) is 0 Å². The van der Waals surface area contributed by atoms with Gasteiger partial charge in [-0.15, -0.1) is 0 Å². The first-order valence-electron chi connectivity index (χ1n) is 8.26. The fraction of sp³-hybridized carbons (Fsp3) is 0.263. The van der Waals surface area contributed by atoms with Gasteiger partial charge in [-0.05, 0) is 48.6 Å². The fourth-order valence-electron chi connectivity index (χ4n) is 3.08. The lowest BCUT2D eigenvalue weighted by Gasteiger charge is -2.15. The molecule has 1 atom stereocenters. The summed E-state index contributed by atoms with van der Waals surface area (Å²) in [7, 11) is -3.40. The van der Waals surface area contributed by atoms with Crippen LogP contribution in [0.15, 0.2) is 47.4 Å². The van der Waals surface area contributed by atoms with E-state index in [1.165, 1.54) is 17.7 Å². The molecule has 0 aliphatic heterocycles. The normalized spacial score (nSPS) is 16.0. The van der Waals surface area contributed by atoms with Crippen LogP contribution in [0, 0.1) is 6.92 Å². The third kappa shape index (κ3) is 3.77. The number of amides is 2. The van der Waals surface area contributed by atoms with E-state index in [0.29, 0.717) is 11.3 Å². The number of benzene rings is 2. The van der Waals surface area contributed by atoms with Crippen LogP contribution in [0.3, 0.4) is 0 Å². The van der Waals surface area contributed by atoms with Crippen LogP contribution in [0.2, 0.25) is 0 Å². The van der Waals surface area contributed by atoms with Gasteiger partial charge < -0.3 is 10.6 Å². The van der Waals surface area contributed by atoms with E-state index in [-0.39, 0.29) is 10.9 Å². The number of nitrogens with one attached hydrogen (secondary N) is 2. The van der Waals surface area contributed by atoms with Crippen LogP contribution in [-0.2, 0) is 25.8 Å². The average molecular weight is 372 g/mol. The lowest BCUT2D eigenvalue weighted by Crippen LogP contribution is -2.37. The van der Waals surface area contributed by atoms with E-state index in [2.05, 4.69) is 10.6 Å². The molecule has 0 saturated heterocycles. The van der Waals surface area contributed by atoms with Gasteiger partial charge in [0.05, 0.1) is 10.9 Å². The zero-order valence-electron chi connectivity index (χ0n) is 14.6.